The van der Waals surface area contributed by atoms with Gasteiger partial charge < -0.3 is 22.4 Å². The van der Waals surface area contributed by atoms with Gasteiger partial charge in [0.25, 0.3) is 0 Å². The highest BCUT2D eigenvalue weighted by molar-refractivity contribution is 6.83. The van der Waals surface area contributed by atoms with Crippen molar-refractivity contribution in [3.8, 4) is 0 Å². The summed E-state index contributed by atoms with van der Waals surface area (Å²) in [5, 5.41) is -1.24. The van der Waals surface area contributed by atoms with Crippen LogP contribution in [0.4, 0.5) is 0 Å². The minimum Gasteiger partial charge on any atom is -0.462 e. The summed E-state index contributed by atoms with van der Waals surface area (Å²) >= 11 is 0. The van der Waals surface area contributed by atoms with Crippen molar-refractivity contribution in [3.05, 3.63) is 12.2 Å². The number of carbonyl (C=O) groups excluding carboxylic acids is 1. The molecule has 0 aliphatic carbocycles. The molecule has 0 amide bonds. The molecule has 0 heterocycles. The molecule has 0 saturated carbocycles. The molecule has 50 heavy (non-hydrogen) atoms. The lowest BCUT2D eigenvalue weighted by Gasteiger charge is -2.56. The number of rotatable bonds is 27. The van der Waals surface area contributed by atoms with Gasteiger partial charge in [0.2, 0.25) is 25.0 Å². The Balaban J connectivity index is 7.01. The average Bonchev–Trinajstić information content (AvgIpc) is 3.02. The second-order valence-corrected chi connectivity index (χ2v) is 40.5. The summed E-state index contributed by atoms with van der Waals surface area (Å²) in [4.78, 5) is 12.3. The third-order valence-corrected chi connectivity index (χ3v) is 32.6. The van der Waals surface area contributed by atoms with E-state index in [0.717, 1.165) is 38.1 Å². The van der Waals surface area contributed by atoms with Gasteiger partial charge in [-0.1, -0.05) is 92.9 Å². The number of ether oxygens (including phenoxy) is 1. The first-order valence-corrected chi connectivity index (χ1v) is 35.1. The molecule has 0 aliphatic rings. The Labute approximate surface area is 317 Å². The maximum Gasteiger partial charge on any atom is 0.333 e. The normalized spacial score (nSPS) is 18.8. The SMILES string of the molecule is C=C(C)C(=O)OCCC[Si](C)(O[C@@](C)(CC)[Si](C)(C)OC(CC)[Si](C)(C)CCCC)[C@@](C)(CC)O[Si](C)(C)[C@](C)(CC)O[Si](C)(C)CCCC. The molecule has 0 fully saturated rings. The Kier molecular flexibility index (Phi) is 20.2. The van der Waals surface area contributed by atoms with Crippen LogP contribution in [0.1, 0.15) is 127 Å². The molecular weight excluding hydrogens is 705 g/mol. The number of carbonyl (C=O) groups is 1. The van der Waals surface area contributed by atoms with E-state index < -0.39 is 51.8 Å². The third-order valence-electron chi connectivity index (χ3n) is 12.5. The van der Waals surface area contributed by atoms with E-state index in [9.17, 15) is 4.79 Å². The van der Waals surface area contributed by atoms with Crippen molar-refractivity contribution in [2.45, 2.75) is 225 Å². The number of unbranched alkanes of at least 4 members (excludes halogenated alkanes) is 2. The summed E-state index contributed by atoms with van der Waals surface area (Å²) in [7, 11) is -11.2. The molecule has 0 N–H and O–H groups in total. The fraction of sp³-hybridized carbons (Fsp3) is 0.923. The number of hydrogen-bond donors (Lipinski definition) is 0. The standard InChI is InChI=1S/C39H86O6Si5/c1-21-27-31-46(12,13)35(23-3)42-48(16,17)38(10,25-5)45-50(20,33-29-30-41-36(40)34(7)8)39(11,26-6)44-49(18,19)37(9,24-4)43-47(14,15)32-28-22-2/h35H,7,21-33H2,1-6,8-20H3/t35?,37-,38-,39+,50?/m1/s1. The molecule has 0 bridgehead atoms. The van der Waals surface area contributed by atoms with E-state index in [-0.39, 0.29) is 11.2 Å². The predicted octanol–water partition coefficient (Wildman–Crippen LogP) is 12.5. The van der Waals surface area contributed by atoms with Crippen LogP contribution in [0.5, 0.6) is 0 Å². The summed E-state index contributed by atoms with van der Waals surface area (Å²) in [6.45, 7) is 48.2. The van der Waals surface area contributed by atoms with Gasteiger partial charge in [0.05, 0.1) is 30.4 Å². The van der Waals surface area contributed by atoms with Gasteiger partial charge in [0.15, 0.2) is 8.32 Å². The molecule has 11 heteroatoms. The smallest absolute Gasteiger partial charge is 0.333 e. The highest BCUT2D eigenvalue weighted by Gasteiger charge is 2.60. The molecular formula is C39H86O6Si5. The van der Waals surface area contributed by atoms with Crippen LogP contribution in [-0.4, -0.2) is 75.3 Å². The van der Waals surface area contributed by atoms with Crippen LogP contribution >= 0.6 is 0 Å². The molecule has 298 valence electrons. The highest BCUT2D eigenvalue weighted by atomic mass is 28.4. The zero-order valence-electron chi connectivity index (χ0n) is 36.9. The van der Waals surface area contributed by atoms with Crippen LogP contribution in [0.2, 0.25) is 77.1 Å². The maximum atomic E-state index is 12.3. The summed E-state index contributed by atoms with van der Waals surface area (Å²) in [6, 6.07) is 3.28. The van der Waals surface area contributed by atoms with E-state index in [4.69, 9.17) is 22.4 Å². The average molecular weight is 792 g/mol. The van der Waals surface area contributed by atoms with Crippen molar-refractivity contribution in [2.75, 3.05) is 6.61 Å². The third kappa shape index (κ3) is 13.5. The second kappa shape index (κ2) is 20.2. The second-order valence-electron chi connectivity index (χ2n) is 18.3. The monoisotopic (exact) mass is 791 g/mol. The summed E-state index contributed by atoms with van der Waals surface area (Å²) < 4.78 is 35.8. The van der Waals surface area contributed by atoms with E-state index in [1.54, 1.807) is 6.92 Å². The van der Waals surface area contributed by atoms with Gasteiger partial charge in [-0.25, -0.2) is 4.79 Å². The predicted molar refractivity (Wildman–Crippen MR) is 231 cm³/mol. The Bertz CT molecular complexity index is 1050. The van der Waals surface area contributed by atoms with Gasteiger partial charge >= 0.3 is 5.97 Å². The lowest BCUT2D eigenvalue weighted by Crippen LogP contribution is -2.71. The van der Waals surface area contributed by atoms with E-state index >= 15 is 0 Å². The first-order valence-electron chi connectivity index (χ1n) is 20.3. The zero-order chi connectivity index (χ0) is 39.5. The molecule has 0 rings (SSSR count). The number of hydrogen-bond acceptors (Lipinski definition) is 6. The van der Waals surface area contributed by atoms with Gasteiger partial charge in [-0.05, 0) is 118 Å². The molecule has 0 aliphatic heterocycles. The van der Waals surface area contributed by atoms with E-state index in [1.807, 2.05) is 0 Å². The lowest BCUT2D eigenvalue weighted by atomic mass is 10.3. The van der Waals surface area contributed by atoms with Gasteiger partial charge in [-0.15, -0.1) is 0 Å². The van der Waals surface area contributed by atoms with Gasteiger partial charge in [-0.3, -0.25) is 0 Å². The topological polar surface area (TPSA) is 63.2 Å². The minimum atomic E-state index is -2.76. The Morgan fingerprint density at radius 1 is 0.640 bits per heavy atom. The fourth-order valence-electron chi connectivity index (χ4n) is 7.42. The van der Waals surface area contributed by atoms with Crippen LogP contribution in [-0.2, 0) is 27.2 Å². The van der Waals surface area contributed by atoms with Crippen molar-refractivity contribution in [3.63, 3.8) is 0 Å². The molecule has 0 radical (unpaired) electrons. The van der Waals surface area contributed by atoms with E-state index in [0.29, 0.717) is 17.9 Å². The van der Waals surface area contributed by atoms with Crippen molar-refractivity contribution >= 4 is 47.3 Å². The largest absolute Gasteiger partial charge is 0.462 e. The van der Waals surface area contributed by atoms with Crippen molar-refractivity contribution in [1.82, 2.24) is 0 Å². The minimum absolute atomic E-state index is 0.308. The van der Waals surface area contributed by atoms with Crippen LogP contribution < -0.4 is 0 Å². The summed E-state index contributed by atoms with van der Waals surface area (Å²) in [6.07, 6.45) is 9.29. The van der Waals surface area contributed by atoms with Crippen LogP contribution in [0, 0.1) is 0 Å². The lowest BCUT2D eigenvalue weighted by molar-refractivity contribution is -0.138. The molecule has 0 aromatic heterocycles. The Hall–Kier alpha value is 0.134. The highest BCUT2D eigenvalue weighted by Crippen LogP contribution is 2.45. The number of esters is 1. The van der Waals surface area contributed by atoms with Gasteiger partial charge in [0.1, 0.15) is 0 Å². The van der Waals surface area contributed by atoms with Crippen LogP contribution in [0.15, 0.2) is 12.2 Å². The summed E-state index contributed by atoms with van der Waals surface area (Å²) in [5.41, 5.74) is 0.738. The molecule has 0 spiro atoms. The Morgan fingerprint density at radius 3 is 1.56 bits per heavy atom. The van der Waals surface area contributed by atoms with Crippen molar-refractivity contribution < 1.29 is 27.2 Å². The van der Waals surface area contributed by atoms with Crippen LogP contribution in [0.3, 0.4) is 0 Å². The quantitative estimate of drug-likeness (QED) is 0.0357. The van der Waals surface area contributed by atoms with Gasteiger partial charge in [-0.2, -0.15) is 0 Å². The van der Waals surface area contributed by atoms with E-state index in [1.165, 1.54) is 37.8 Å². The molecule has 5 atom stereocenters. The first-order chi connectivity index (χ1) is 22.7. The van der Waals surface area contributed by atoms with Crippen molar-refractivity contribution in [2.24, 2.45) is 0 Å². The molecule has 0 aromatic rings. The summed E-state index contributed by atoms with van der Waals surface area (Å²) in [5.74, 6) is -0.330. The molecule has 2 unspecified atom stereocenters. The Morgan fingerprint density at radius 2 is 1.12 bits per heavy atom. The van der Waals surface area contributed by atoms with E-state index in [2.05, 4.69) is 128 Å². The maximum absolute atomic E-state index is 12.3. The first kappa shape index (κ1) is 50.1. The van der Waals surface area contributed by atoms with Crippen molar-refractivity contribution in [1.29, 1.82) is 0 Å². The molecule has 6 nitrogen and oxygen atoms in total. The molecule has 0 saturated heterocycles. The zero-order valence-corrected chi connectivity index (χ0v) is 41.9. The molecule has 0 aromatic carbocycles. The fourth-order valence-corrected chi connectivity index (χ4v) is 27.9. The van der Waals surface area contributed by atoms with Gasteiger partial charge in [0, 0.05) is 11.3 Å². The van der Waals surface area contributed by atoms with Crippen LogP contribution in [0.25, 0.3) is 0 Å².